The molecule has 0 aromatic rings. The third kappa shape index (κ3) is 7.27. The molecular weight excluding hydrogens is 264 g/mol. The number of nitrogens with two attached hydrogens (primary N) is 1. The van der Waals surface area contributed by atoms with Crippen LogP contribution in [-0.2, 0) is 9.53 Å². The number of carbonyl (C=O) groups excluding carboxylic acids is 1. The fraction of sp³-hybridized carbons (Fsp3) is 0.833. The molecule has 1 rings (SSSR count). The van der Waals surface area contributed by atoms with Gasteiger partial charge in [-0.25, -0.2) is 4.79 Å². The molecule has 1 fully saturated rings. The fourth-order valence-electron chi connectivity index (χ4n) is 1.86. The van der Waals surface area contributed by atoms with E-state index >= 15 is 0 Å². The maximum atomic E-state index is 11.4. The van der Waals surface area contributed by atoms with Crippen LogP contribution in [0.5, 0.6) is 0 Å². The number of hydrogen-bond donors (Lipinski definition) is 4. The normalized spacial score (nSPS) is 17.4. The smallest absolute Gasteiger partial charge is 0.320 e. The van der Waals surface area contributed by atoms with Crippen molar-refractivity contribution in [3.63, 3.8) is 0 Å². The molecule has 5 N–H and O–H groups in total. The molecule has 0 radical (unpaired) electrons. The summed E-state index contributed by atoms with van der Waals surface area (Å²) < 4.78 is 5.25. The molecule has 20 heavy (non-hydrogen) atoms. The largest absolute Gasteiger partial charge is 0.480 e. The molecule has 0 saturated carbocycles. The number of nitrogens with zero attached hydrogens (tertiary/aromatic N) is 1. The highest BCUT2D eigenvalue weighted by Gasteiger charge is 2.11. The molecule has 0 spiro atoms. The predicted molar refractivity (Wildman–Crippen MR) is 73.5 cm³/mol. The number of carboxylic acids is 1. The number of carbonyl (C=O) groups is 2. The lowest BCUT2D eigenvalue weighted by Crippen LogP contribution is -2.41. The number of hydrogen-bond acceptors (Lipinski definition) is 5. The van der Waals surface area contributed by atoms with E-state index in [4.69, 9.17) is 15.6 Å². The average molecular weight is 288 g/mol. The Kier molecular flexibility index (Phi) is 7.93. The first-order valence-electron chi connectivity index (χ1n) is 6.90. The molecule has 1 aliphatic rings. The van der Waals surface area contributed by atoms with Gasteiger partial charge in [0, 0.05) is 26.2 Å². The maximum Gasteiger partial charge on any atom is 0.320 e. The van der Waals surface area contributed by atoms with Crippen LogP contribution < -0.4 is 16.4 Å². The van der Waals surface area contributed by atoms with Crippen LogP contribution in [0.4, 0.5) is 4.79 Å². The summed E-state index contributed by atoms with van der Waals surface area (Å²) in [5, 5.41) is 13.9. The van der Waals surface area contributed by atoms with E-state index in [1.54, 1.807) is 0 Å². The van der Waals surface area contributed by atoms with Crippen molar-refractivity contribution in [2.24, 2.45) is 5.73 Å². The highest BCUT2D eigenvalue weighted by Crippen LogP contribution is 1.97. The van der Waals surface area contributed by atoms with Crippen LogP contribution in [0.2, 0.25) is 0 Å². The van der Waals surface area contributed by atoms with Gasteiger partial charge in [-0.05, 0) is 19.4 Å². The van der Waals surface area contributed by atoms with Crippen molar-refractivity contribution in [2.75, 3.05) is 45.9 Å². The van der Waals surface area contributed by atoms with Crippen LogP contribution in [0.3, 0.4) is 0 Å². The first kappa shape index (κ1) is 16.7. The summed E-state index contributed by atoms with van der Waals surface area (Å²) in [6.07, 6.45) is 1.10. The molecule has 1 unspecified atom stereocenters. The Morgan fingerprint density at radius 1 is 1.25 bits per heavy atom. The number of ether oxygens (including phenoxy) is 1. The van der Waals surface area contributed by atoms with Gasteiger partial charge in [-0.15, -0.1) is 0 Å². The third-order valence-corrected chi connectivity index (χ3v) is 3.10. The Morgan fingerprint density at radius 3 is 2.55 bits per heavy atom. The molecule has 0 aromatic heterocycles. The molecule has 0 aliphatic carbocycles. The van der Waals surface area contributed by atoms with Gasteiger partial charge in [0.1, 0.15) is 6.04 Å². The van der Waals surface area contributed by atoms with E-state index in [-0.39, 0.29) is 19.0 Å². The summed E-state index contributed by atoms with van der Waals surface area (Å²) in [6, 6.07) is -1.22. The van der Waals surface area contributed by atoms with Crippen molar-refractivity contribution in [1.82, 2.24) is 15.5 Å². The van der Waals surface area contributed by atoms with Crippen LogP contribution in [0.25, 0.3) is 0 Å². The molecule has 0 aromatic carbocycles. The van der Waals surface area contributed by atoms with E-state index in [0.717, 1.165) is 39.3 Å². The van der Waals surface area contributed by atoms with E-state index in [9.17, 15) is 9.59 Å². The second-order valence-electron chi connectivity index (χ2n) is 4.72. The van der Waals surface area contributed by atoms with Crippen LogP contribution >= 0.6 is 0 Å². The fourth-order valence-corrected chi connectivity index (χ4v) is 1.86. The number of carboxylic acid groups (broad SMARTS) is 1. The van der Waals surface area contributed by atoms with Crippen molar-refractivity contribution in [2.45, 2.75) is 18.9 Å². The van der Waals surface area contributed by atoms with Crippen molar-refractivity contribution < 1.29 is 19.4 Å². The Balaban J connectivity index is 1.95. The lowest BCUT2D eigenvalue weighted by Gasteiger charge is -2.26. The zero-order valence-corrected chi connectivity index (χ0v) is 11.6. The molecule has 0 bridgehead atoms. The molecule has 1 atom stereocenters. The first-order chi connectivity index (χ1) is 9.59. The maximum absolute atomic E-state index is 11.4. The molecule has 1 heterocycles. The van der Waals surface area contributed by atoms with Gasteiger partial charge >= 0.3 is 12.0 Å². The molecule has 116 valence electrons. The SMILES string of the molecule is NC(CCNC(=O)NCCCN1CCOCC1)C(=O)O. The van der Waals surface area contributed by atoms with Gasteiger partial charge in [0.25, 0.3) is 0 Å². The van der Waals surface area contributed by atoms with Gasteiger partial charge in [-0.2, -0.15) is 0 Å². The summed E-state index contributed by atoms with van der Waals surface area (Å²) in [4.78, 5) is 24.2. The van der Waals surface area contributed by atoms with Gasteiger partial charge in [0.05, 0.1) is 13.2 Å². The van der Waals surface area contributed by atoms with Gasteiger partial charge in [-0.1, -0.05) is 0 Å². The zero-order chi connectivity index (χ0) is 14.8. The summed E-state index contributed by atoms with van der Waals surface area (Å²) >= 11 is 0. The minimum absolute atomic E-state index is 0.219. The molecule has 8 heteroatoms. The minimum Gasteiger partial charge on any atom is -0.480 e. The monoisotopic (exact) mass is 288 g/mol. The quantitative estimate of drug-likeness (QED) is 0.417. The summed E-state index contributed by atoms with van der Waals surface area (Å²) in [5.41, 5.74) is 5.32. The predicted octanol–water partition coefficient (Wildman–Crippen LogP) is -1.19. The topological polar surface area (TPSA) is 117 Å². The van der Waals surface area contributed by atoms with E-state index in [2.05, 4.69) is 15.5 Å². The van der Waals surface area contributed by atoms with Crippen molar-refractivity contribution in [3.8, 4) is 0 Å². The highest BCUT2D eigenvalue weighted by atomic mass is 16.5. The number of aliphatic carboxylic acids is 1. The molecule has 1 aliphatic heterocycles. The number of nitrogens with one attached hydrogen (secondary N) is 2. The van der Waals surface area contributed by atoms with Crippen LogP contribution in [-0.4, -0.2) is 74.0 Å². The third-order valence-electron chi connectivity index (χ3n) is 3.10. The lowest BCUT2D eigenvalue weighted by molar-refractivity contribution is -0.138. The number of amides is 2. The Bertz CT molecular complexity index is 308. The van der Waals surface area contributed by atoms with E-state index in [0.29, 0.717) is 6.54 Å². The van der Waals surface area contributed by atoms with E-state index in [1.165, 1.54) is 0 Å². The van der Waals surface area contributed by atoms with Crippen LogP contribution in [0, 0.1) is 0 Å². The second kappa shape index (κ2) is 9.51. The first-order valence-corrected chi connectivity index (χ1v) is 6.90. The van der Waals surface area contributed by atoms with E-state index in [1.807, 2.05) is 0 Å². The number of urea groups is 1. The Labute approximate surface area is 118 Å². The van der Waals surface area contributed by atoms with Crippen LogP contribution in [0.15, 0.2) is 0 Å². The van der Waals surface area contributed by atoms with E-state index < -0.39 is 12.0 Å². The minimum atomic E-state index is -1.06. The van der Waals surface area contributed by atoms with Crippen molar-refractivity contribution >= 4 is 12.0 Å². The molecule has 2 amide bonds. The number of rotatable bonds is 8. The van der Waals surface area contributed by atoms with Crippen LogP contribution in [0.1, 0.15) is 12.8 Å². The standard InChI is InChI=1S/C12H24N4O4/c13-10(11(17)18)2-4-15-12(19)14-3-1-5-16-6-8-20-9-7-16/h10H,1-9,13H2,(H,17,18)(H2,14,15,19). The second-order valence-corrected chi connectivity index (χ2v) is 4.72. The number of morpholine rings is 1. The van der Waals surface area contributed by atoms with Gasteiger partial charge in [0.15, 0.2) is 0 Å². The Morgan fingerprint density at radius 2 is 1.90 bits per heavy atom. The summed E-state index contributed by atoms with van der Waals surface area (Å²) in [7, 11) is 0. The lowest BCUT2D eigenvalue weighted by atomic mass is 10.2. The van der Waals surface area contributed by atoms with Crippen molar-refractivity contribution in [3.05, 3.63) is 0 Å². The molecular formula is C12H24N4O4. The Hall–Kier alpha value is -1.38. The zero-order valence-electron chi connectivity index (χ0n) is 11.6. The van der Waals surface area contributed by atoms with Gasteiger partial charge in [0.2, 0.25) is 0 Å². The highest BCUT2D eigenvalue weighted by molar-refractivity contribution is 5.74. The average Bonchev–Trinajstić information content (AvgIpc) is 2.44. The summed E-state index contributed by atoms with van der Waals surface area (Å²) in [5.74, 6) is -1.06. The molecule has 8 nitrogen and oxygen atoms in total. The van der Waals surface area contributed by atoms with Crippen molar-refractivity contribution in [1.29, 1.82) is 0 Å². The summed E-state index contributed by atoms with van der Waals surface area (Å²) in [6.45, 7) is 5.22. The molecule has 1 saturated heterocycles. The van der Waals surface area contributed by atoms with Gasteiger partial charge < -0.3 is 26.2 Å². The van der Waals surface area contributed by atoms with Gasteiger partial charge in [-0.3, -0.25) is 9.69 Å².